The van der Waals surface area contributed by atoms with E-state index < -0.39 is 48.2 Å². The number of hydrogen-bond acceptors (Lipinski definition) is 6. The van der Waals surface area contributed by atoms with Gasteiger partial charge in [0.05, 0.1) is 12.5 Å². The number of rotatable bonds is 7. The van der Waals surface area contributed by atoms with Crippen LogP contribution in [0.1, 0.15) is 42.5 Å². The highest BCUT2D eigenvalue weighted by atomic mass is 16.4. The van der Waals surface area contributed by atoms with Gasteiger partial charge in [-0.3, -0.25) is 29.0 Å². The molecule has 36 heavy (non-hydrogen) atoms. The lowest BCUT2D eigenvalue weighted by Gasteiger charge is -2.43. The van der Waals surface area contributed by atoms with Gasteiger partial charge < -0.3 is 20.5 Å². The summed E-state index contributed by atoms with van der Waals surface area (Å²) in [6.07, 6.45) is 0.408. The Bertz CT molecular complexity index is 1220. The Hall–Kier alpha value is -4.28. The Balaban J connectivity index is 1.57. The number of benzene rings is 2. The van der Waals surface area contributed by atoms with E-state index in [4.69, 9.17) is 5.11 Å². The van der Waals surface area contributed by atoms with Gasteiger partial charge in [-0.15, -0.1) is 0 Å². The number of aldehydes is 1. The maximum absolute atomic E-state index is 13.6. The van der Waals surface area contributed by atoms with Gasteiger partial charge in [-0.2, -0.15) is 0 Å². The van der Waals surface area contributed by atoms with E-state index in [0.717, 1.165) is 10.4 Å². The molecule has 0 aliphatic carbocycles. The Morgan fingerprint density at radius 1 is 1.08 bits per heavy atom. The van der Waals surface area contributed by atoms with Crippen molar-refractivity contribution in [1.29, 1.82) is 0 Å². The molecule has 11 nitrogen and oxygen atoms in total. The average molecular weight is 495 g/mol. The summed E-state index contributed by atoms with van der Waals surface area (Å²) in [7, 11) is 0. The molecule has 0 aromatic heterocycles. The molecular weight excluding hydrogens is 468 g/mol. The number of nitrogens with one attached hydrogen (secondary N) is 2. The summed E-state index contributed by atoms with van der Waals surface area (Å²) in [5, 5.41) is 17.9. The van der Waals surface area contributed by atoms with Gasteiger partial charge in [-0.1, -0.05) is 36.4 Å². The molecule has 0 radical (unpaired) electrons. The van der Waals surface area contributed by atoms with Crippen molar-refractivity contribution in [1.82, 2.24) is 20.7 Å². The lowest BCUT2D eigenvalue weighted by molar-refractivity contribution is -0.176. The molecular formula is C25H26N4O7. The molecule has 0 bridgehead atoms. The number of carboxylic acid groups (broad SMARTS) is 1. The summed E-state index contributed by atoms with van der Waals surface area (Å²) in [4.78, 5) is 74.8. The lowest BCUT2D eigenvalue weighted by atomic mass is 10.0. The Labute approximate surface area is 206 Å². The van der Waals surface area contributed by atoms with Crippen LogP contribution in [-0.4, -0.2) is 75.7 Å². The van der Waals surface area contributed by atoms with Gasteiger partial charge in [-0.25, -0.2) is 5.01 Å². The molecule has 2 aromatic carbocycles. The number of hydrogen-bond donors (Lipinski definition) is 3. The fourth-order valence-electron chi connectivity index (χ4n) is 4.67. The van der Waals surface area contributed by atoms with Crippen molar-refractivity contribution in [2.75, 3.05) is 6.54 Å². The molecule has 0 spiro atoms. The summed E-state index contributed by atoms with van der Waals surface area (Å²) in [6, 6.07) is 9.13. The summed E-state index contributed by atoms with van der Waals surface area (Å²) in [5.41, 5.74) is 0.378. The molecule has 11 heteroatoms. The van der Waals surface area contributed by atoms with E-state index in [1.165, 1.54) is 5.01 Å². The molecule has 2 fully saturated rings. The van der Waals surface area contributed by atoms with Gasteiger partial charge in [0.25, 0.3) is 11.8 Å². The number of carboxylic acids is 1. The van der Waals surface area contributed by atoms with Gasteiger partial charge in [0.2, 0.25) is 11.8 Å². The Morgan fingerprint density at radius 3 is 2.58 bits per heavy atom. The van der Waals surface area contributed by atoms with Crippen LogP contribution >= 0.6 is 0 Å². The van der Waals surface area contributed by atoms with Crippen LogP contribution in [0.2, 0.25) is 0 Å². The normalized spacial score (nSPS) is 20.8. The molecule has 2 aliphatic rings. The molecule has 2 aliphatic heterocycles. The second kappa shape index (κ2) is 10.5. The third-order valence-corrected chi connectivity index (χ3v) is 6.39. The fourth-order valence-corrected chi connectivity index (χ4v) is 4.67. The summed E-state index contributed by atoms with van der Waals surface area (Å²) >= 11 is 0. The molecule has 3 N–H and O–H groups in total. The van der Waals surface area contributed by atoms with Crippen molar-refractivity contribution in [3.05, 3.63) is 48.0 Å². The lowest BCUT2D eigenvalue weighted by Crippen LogP contribution is -2.64. The van der Waals surface area contributed by atoms with Crippen LogP contribution in [0.15, 0.2) is 42.5 Å². The highest BCUT2D eigenvalue weighted by Crippen LogP contribution is 2.26. The maximum Gasteiger partial charge on any atom is 0.305 e. The zero-order valence-corrected chi connectivity index (χ0v) is 19.4. The zero-order valence-electron chi connectivity index (χ0n) is 19.4. The van der Waals surface area contributed by atoms with Crippen molar-refractivity contribution in [2.24, 2.45) is 0 Å². The standard InChI is InChI=1S/C25H26N4O7/c30-14-16(13-22(32)33)26-24(35)20-9-4-12-28-21(31)11-10-19(25(36)29(20)28)27-23(34)18-8-3-6-15-5-1-2-7-17(15)18/h1-3,5-8,14,16,19-20H,4,9-13H2,(H,26,35)(H,27,34)(H,32,33)/t16-,19-,20-/m0/s1. The van der Waals surface area contributed by atoms with E-state index in [2.05, 4.69) is 10.6 Å². The minimum atomic E-state index is -1.27. The first-order valence-corrected chi connectivity index (χ1v) is 11.7. The van der Waals surface area contributed by atoms with Crippen LogP contribution < -0.4 is 10.6 Å². The molecule has 4 amide bonds. The molecule has 0 unspecified atom stereocenters. The van der Waals surface area contributed by atoms with E-state index in [0.29, 0.717) is 23.7 Å². The van der Waals surface area contributed by atoms with Crippen molar-refractivity contribution >= 4 is 46.7 Å². The number of carbonyl (C=O) groups is 6. The van der Waals surface area contributed by atoms with Crippen molar-refractivity contribution < 1.29 is 33.9 Å². The van der Waals surface area contributed by atoms with Crippen LogP contribution in [0.5, 0.6) is 0 Å². The van der Waals surface area contributed by atoms with Gasteiger partial charge in [0, 0.05) is 18.5 Å². The first kappa shape index (κ1) is 24.8. The summed E-state index contributed by atoms with van der Waals surface area (Å²) < 4.78 is 0. The number of nitrogens with zero attached hydrogens (tertiary/aromatic N) is 2. The van der Waals surface area contributed by atoms with Gasteiger partial charge in [0.1, 0.15) is 18.4 Å². The maximum atomic E-state index is 13.6. The van der Waals surface area contributed by atoms with Gasteiger partial charge in [0.15, 0.2) is 0 Å². The first-order valence-electron chi connectivity index (χ1n) is 11.7. The van der Waals surface area contributed by atoms with Crippen LogP contribution in [0.3, 0.4) is 0 Å². The minimum Gasteiger partial charge on any atom is -0.481 e. The number of fused-ring (bicyclic) bond motifs is 2. The van der Waals surface area contributed by atoms with Gasteiger partial charge >= 0.3 is 5.97 Å². The monoisotopic (exact) mass is 494 g/mol. The molecule has 3 atom stereocenters. The Kier molecular flexibility index (Phi) is 7.28. The largest absolute Gasteiger partial charge is 0.481 e. The van der Waals surface area contributed by atoms with Crippen molar-refractivity contribution in [3.8, 4) is 0 Å². The smallest absolute Gasteiger partial charge is 0.305 e. The van der Waals surface area contributed by atoms with E-state index in [9.17, 15) is 28.8 Å². The number of aliphatic carboxylic acids is 1. The second-order valence-corrected chi connectivity index (χ2v) is 8.80. The number of carbonyl (C=O) groups excluding carboxylic acids is 5. The first-order chi connectivity index (χ1) is 17.3. The van der Waals surface area contributed by atoms with E-state index in [1.807, 2.05) is 18.2 Å². The van der Waals surface area contributed by atoms with E-state index in [1.54, 1.807) is 24.3 Å². The Morgan fingerprint density at radius 2 is 1.83 bits per heavy atom. The van der Waals surface area contributed by atoms with E-state index in [-0.39, 0.29) is 31.7 Å². The quantitative estimate of drug-likeness (QED) is 0.477. The molecule has 0 saturated carbocycles. The number of hydrazine groups is 1. The van der Waals surface area contributed by atoms with E-state index >= 15 is 0 Å². The molecule has 188 valence electrons. The van der Waals surface area contributed by atoms with Crippen molar-refractivity contribution in [2.45, 2.75) is 50.2 Å². The minimum absolute atomic E-state index is 0.00690. The highest BCUT2D eigenvalue weighted by Gasteiger charge is 2.45. The number of amides is 4. The van der Waals surface area contributed by atoms with Crippen molar-refractivity contribution in [3.63, 3.8) is 0 Å². The van der Waals surface area contributed by atoms with Gasteiger partial charge in [-0.05, 0) is 36.1 Å². The average Bonchev–Trinajstić information content (AvgIpc) is 2.99. The summed E-state index contributed by atoms with van der Waals surface area (Å²) in [5.74, 6) is -3.46. The van der Waals surface area contributed by atoms with Crippen LogP contribution in [0.4, 0.5) is 0 Å². The predicted molar refractivity (Wildman–Crippen MR) is 126 cm³/mol. The third-order valence-electron chi connectivity index (χ3n) is 6.39. The van der Waals surface area contributed by atoms with Crippen LogP contribution in [0, 0.1) is 0 Å². The molecule has 4 rings (SSSR count). The molecule has 2 saturated heterocycles. The molecule has 2 aromatic rings. The van der Waals surface area contributed by atoms with Crippen LogP contribution in [-0.2, 0) is 24.0 Å². The second-order valence-electron chi connectivity index (χ2n) is 8.80. The topological polar surface area (TPSA) is 153 Å². The van der Waals surface area contributed by atoms with Crippen LogP contribution in [0.25, 0.3) is 10.8 Å². The highest BCUT2D eigenvalue weighted by molar-refractivity contribution is 6.08. The summed E-state index contributed by atoms with van der Waals surface area (Å²) in [6.45, 7) is 0.227. The SMILES string of the molecule is O=C[C@H](CC(=O)O)NC(=O)[C@@H]1CCCN2C(=O)CC[C@H](NC(=O)c3cccc4ccccc34)C(=O)N12. The fraction of sp³-hybridized carbons (Fsp3) is 0.360. The third kappa shape index (κ3) is 5.04. The molecule has 2 heterocycles. The predicted octanol–water partition coefficient (Wildman–Crippen LogP) is 0.625. The zero-order chi connectivity index (χ0) is 25.8.